The molecule has 0 aliphatic carbocycles. The Morgan fingerprint density at radius 2 is 1.11 bits per heavy atom. The summed E-state index contributed by atoms with van der Waals surface area (Å²) in [5.74, 6) is 0.674. The first-order chi connectivity index (χ1) is 21.7. The van der Waals surface area contributed by atoms with Crippen LogP contribution in [0.2, 0.25) is 0 Å². The van der Waals surface area contributed by atoms with Crippen molar-refractivity contribution in [1.82, 2.24) is 40.5 Å². The normalized spacial score (nSPS) is 14.5. The second-order valence-electron chi connectivity index (χ2n) is 13.2. The molecule has 2 atom stereocenters. The predicted molar refractivity (Wildman–Crippen MR) is 176 cm³/mol. The van der Waals surface area contributed by atoms with Gasteiger partial charge >= 0.3 is 0 Å². The minimum atomic E-state index is -1.44. The summed E-state index contributed by atoms with van der Waals surface area (Å²) in [6, 6.07) is 11.5. The van der Waals surface area contributed by atoms with Gasteiger partial charge in [-0.15, -0.1) is 0 Å². The number of benzene rings is 2. The quantitative estimate of drug-likeness (QED) is 0.118. The summed E-state index contributed by atoms with van der Waals surface area (Å²) in [6.07, 6.45) is 4.16. The summed E-state index contributed by atoms with van der Waals surface area (Å²) < 4.78 is 0. The molecule has 5 rings (SSSR count). The molecule has 46 heavy (non-hydrogen) atoms. The molecule has 12 nitrogen and oxygen atoms in total. The van der Waals surface area contributed by atoms with Gasteiger partial charge in [-0.25, -0.2) is 9.97 Å². The van der Waals surface area contributed by atoms with Gasteiger partial charge in [0.05, 0.1) is 58.9 Å². The third kappa shape index (κ3) is 7.57. The Morgan fingerprint density at radius 3 is 1.46 bits per heavy atom. The largest absolute Gasteiger partial charge is 0.380 e. The van der Waals surface area contributed by atoms with Gasteiger partial charge in [-0.2, -0.15) is 0 Å². The summed E-state index contributed by atoms with van der Waals surface area (Å²) in [5.41, 5.74) is 3.29. The van der Waals surface area contributed by atoms with Crippen molar-refractivity contribution in [2.45, 2.75) is 78.7 Å². The van der Waals surface area contributed by atoms with E-state index in [1.54, 1.807) is 12.4 Å². The molecule has 0 saturated heterocycles. The summed E-state index contributed by atoms with van der Waals surface area (Å²) in [7, 11) is 0. The Balaban J connectivity index is 1.24. The molecule has 0 fully saturated rings. The minimum absolute atomic E-state index is 0.169. The minimum Gasteiger partial charge on any atom is -0.380 e. The smallest absolute Gasteiger partial charge is 0.252 e. The Morgan fingerprint density at radius 1 is 0.717 bits per heavy atom. The molecule has 0 bridgehead atoms. The first-order valence-electron chi connectivity index (χ1n) is 15.5. The second-order valence-corrected chi connectivity index (χ2v) is 13.2. The van der Waals surface area contributed by atoms with Gasteiger partial charge in [0.1, 0.15) is 22.9 Å². The van der Waals surface area contributed by atoms with E-state index in [2.05, 4.69) is 40.5 Å². The summed E-state index contributed by atoms with van der Waals surface area (Å²) in [4.78, 5) is 49.9. The van der Waals surface area contributed by atoms with Crippen LogP contribution in [0.1, 0.15) is 66.0 Å². The van der Waals surface area contributed by atoms with Crippen LogP contribution in [-0.2, 0) is 22.7 Å². The number of aromatic nitrogens is 6. The van der Waals surface area contributed by atoms with E-state index in [4.69, 9.17) is 0 Å². The lowest BCUT2D eigenvalue weighted by Crippen LogP contribution is -2.45. The van der Waals surface area contributed by atoms with Crippen molar-refractivity contribution in [1.29, 1.82) is 0 Å². The standard InChI is InChI=1S/C34H42N8O4/c1-19(2)13-33(5,45)31(43)37-17-29-39-23-9-7-21(11-25(23)41-29)27-15-36-28(16-35-27)22-8-10-24-26(12-22)42-30(40-24)18-38-32(44)34(6,46)14-20(3)4/h7-12,15-16,19-20,45-46H,13-14,17-18H2,1-6H3,(H,37,43)(H,38,44)(H,39,41)(H,40,42). The van der Waals surface area contributed by atoms with E-state index in [1.165, 1.54) is 13.8 Å². The zero-order chi connectivity index (χ0) is 33.2. The number of nitrogens with one attached hydrogen (secondary N) is 4. The number of aromatic amines is 2. The molecule has 5 aromatic rings. The van der Waals surface area contributed by atoms with Crippen molar-refractivity contribution in [2.75, 3.05) is 0 Å². The first-order valence-corrected chi connectivity index (χ1v) is 15.5. The van der Waals surface area contributed by atoms with Crippen LogP contribution in [0, 0.1) is 11.8 Å². The van der Waals surface area contributed by atoms with E-state index in [1.807, 2.05) is 64.1 Å². The van der Waals surface area contributed by atoms with Crippen LogP contribution in [-0.4, -0.2) is 63.1 Å². The SMILES string of the molecule is CC(C)CC(C)(O)C(=O)NCc1nc2ccc(-c3cnc(-c4ccc5nc(CNC(=O)C(C)(O)CC(C)C)[nH]c5c4)cn3)cc2[nH]1. The van der Waals surface area contributed by atoms with E-state index in [9.17, 15) is 19.8 Å². The second kappa shape index (κ2) is 13.0. The Kier molecular flexibility index (Phi) is 9.22. The van der Waals surface area contributed by atoms with Gasteiger partial charge < -0.3 is 30.8 Å². The molecule has 0 aliphatic heterocycles. The number of carbonyl (C=O) groups excluding carboxylic acids is 2. The Hall–Kier alpha value is -4.68. The monoisotopic (exact) mass is 626 g/mol. The van der Waals surface area contributed by atoms with Crippen LogP contribution in [0.4, 0.5) is 0 Å². The lowest BCUT2D eigenvalue weighted by molar-refractivity contribution is -0.140. The van der Waals surface area contributed by atoms with Crippen molar-refractivity contribution in [3.63, 3.8) is 0 Å². The van der Waals surface area contributed by atoms with Gasteiger partial charge in [-0.1, -0.05) is 39.8 Å². The van der Waals surface area contributed by atoms with Crippen molar-refractivity contribution >= 4 is 33.9 Å². The molecule has 0 spiro atoms. The number of hydrogen-bond acceptors (Lipinski definition) is 8. The molecule has 242 valence electrons. The summed E-state index contributed by atoms with van der Waals surface area (Å²) in [5, 5.41) is 26.5. The highest BCUT2D eigenvalue weighted by molar-refractivity contribution is 5.86. The topological polar surface area (TPSA) is 182 Å². The lowest BCUT2D eigenvalue weighted by Gasteiger charge is -2.23. The van der Waals surface area contributed by atoms with Crippen molar-refractivity contribution < 1.29 is 19.8 Å². The number of rotatable bonds is 12. The lowest BCUT2D eigenvalue weighted by atomic mass is 9.93. The maximum absolute atomic E-state index is 12.5. The van der Waals surface area contributed by atoms with Gasteiger partial charge in [-0.3, -0.25) is 19.6 Å². The van der Waals surface area contributed by atoms with Crippen LogP contribution in [0.15, 0.2) is 48.8 Å². The highest BCUT2D eigenvalue weighted by Crippen LogP contribution is 2.26. The highest BCUT2D eigenvalue weighted by Gasteiger charge is 2.31. The predicted octanol–water partition coefficient (Wildman–Crippen LogP) is 4.39. The van der Waals surface area contributed by atoms with E-state index >= 15 is 0 Å². The van der Waals surface area contributed by atoms with Crippen LogP contribution in [0.3, 0.4) is 0 Å². The van der Waals surface area contributed by atoms with Gasteiger partial charge in [0.25, 0.3) is 11.8 Å². The third-order valence-corrected chi connectivity index (χ3v) is 7.73. The van der Waals surface area contributed by atoms with Gasteiger partial charge in [-0.05, 0) is 62.8 Å². The Bertz CT molecular complexity index is 1720. The van der Waals surface area contributed by atoms with E-state index in [-0.39, 0.29) is 24.9 Å². The molecule has 2 aromatic carbocycles. The zero-order valence-corrected chi connectivity index (χ0v) is 27.1. The summed E-state index contributed by atoms with van der Waals surface area (Å²) >= 11 is 0. The molecule has 2 unspecified atom stereocenters. The highest BCUT2D eigenvalue weighted by atomic mass is 16.3. The molecule has 3 heterocycles. The molecule has 12 heteroatoms. The van der Waals surface area contributed by atoms with E-state index in [0.29, 0.717) is 35.9 Å². The van der Waals surface area contributed by atoms with Crippen LogP contribution < -0.4 is 10.6 Å². The number of aliphatic hydroxyl groups is 2. The molecule has 0 radical (unpaired) electrons. The van der Waals surface area contributed by atoms with Crippen molar-refractivity contribution in [3.8, 4) is 22.5 Å². The van der Waals surface area contributed by atoms with Crippen molar-refractivity contribution in [2.24, 2.45) is 11.8 Å². The molecular weight excluding hydrogens is 584 g/mol. The van der Waals surface area contributed by atoms with Crippen LogP contribution >= 0.6 is 0 Å². The fourth-order valence-electron chi connectivity index (χ4n) is 5.72. The maximum Gasteiger partial charge on any atom is 0.252 e. The molecule has 3 aromatic heterocycles. The van der Waals surface area contributed by atoms with Gasteiger partial charge in [0.15, 0.2) is 0 Å². The Labute approximate surface area is 267 Å². The number of imidazole rings is 2. The molecular formula is C34H42N8O4. The number of fused-ring (bicyclic) bond motifs is 2. The van der Waals surface area contributed by atoms with Crippen LogP contribution in [0.25, 0.3) is 44.6 Å². The first kappa shape index (κ1) is 32.7. The molecule has 6 N–H and O–H groups in total. The average molecular weight is 627 g/mol. The fourth-order valence-corrected chi connectivity index (χ4v) is 5.72. The molecule has 0 aliphatic rings. The van der Waals surface area contributed by atoms with Crippen LogP contribution in [0.5, 0.6) is 0 Å². The zero-order valence-electron chi connectivity index (χ0n) is 27.1. The molecule has 0 saturated carbocycles. The van der Waals surface area contributed by atoms with E-state index in [0.717, 1.165) is 33.2 Å². The van der Waals surface area contributed by atoms with Gasteiger partial charge in [0.2, 0.25) is 0 Å². The number of nitrogens with zero attached hydrogens (tertiary/aromatic N) is 4. The number of amides is 2. The number of carbonyl (C=O) groups is 2. The van der Waals surface area contributed by atoms with Gasteiger partial charge in [0, 0.05) is 11.1 Å². The summed E-state index contributed by atoms with van der Waals surface area (Å²) in [6.45, 7) is 11.2. The fraction of sp³-hybridized carbons (Fsp3) is 0.412. The average Bonchev–Trinajstić information content (AvgIpc) is 3.59. The van der Waals surface area contributed by atoms with Crippen molar-refractivity contribution in [3.05, 3.63) is 60.4 Å². The molecule has 2 amide bonds. The number of H-pyrrole nitrogens is 2. The number of hydrogen-bond donors (Lipinski definition) is 6. The maximum atomic E-state index is 12.5. The third-order valence-electron chi connectivity index (χ3n) is 7.73. The van der Waals surface area contributed by atoms with E-state index < -0.39 is 23.0 Å².